The molecule has 0 atom stereocenters. The molecule has 2 amide bonds. The summed E-state index contributed by atoms with van der Waals surface area (Å²) in [5.74, 6) is -0.491. The van der Waals surface area contributed by atoms with Gasteiger partial charge in [-0.25, -0.2) is 0 Å². The summed E-state index contributed by atoms with van der Waals surface area (Å²) in [5.41, 5.74) is 0.269. The first kappa shape index (κ1) is 20.8. The van der Waals surface area contributed by atoms with Gasteiger partial charge in [0.25, 0.3) is 11.1 Å². The van der Waals surface area contributed by atoms with Gasteiger partial charge < -0.3 is 0 Å². The molecule has 0 bridgehead atoms. The molecule has 2 heterocycles. The second-order valence-corrected chi connectivity index (χ2v) is 8.19. The predicted octanol–water partition coefficient (Wildman–Crippen LogP) is 5.73. The van der Waals surface area contributed by atoms with E-state index in [4.69, 9.17) is 23.2 Å². The van der Waals surface area contributed by atoms with E-state index in [1.165, 1.54) is 22.9 Å². The number of hydrogen-bond acceptors (Lipinski definition) is 4. The molecule has 1 aliphatic rings. The van der Waals surface area contributed by atoms with Crippen LogP contribution in [-0.4, -0.2) is 20.9 Å². The molecule has 0 spiro atoms. The van der Waals surface area contributed by atoms with Crippen molar-refractivity contribution in [2.24, 2.45) is 0 Å². The number of nitrogens with zero attached hydrogens (tertiary/aromatic N) is 2. The number of fused-ring (bicyclic) bond motifs is 1. The number of benzene rings is 2. The van der Waals surface area contributed by atoms with E-state index in [0.717, 1.165) is 17.8 Å². The lowest BCUT2D eigenvalue weighted by Crippen LogP contribution is -2.17. The Hall–Kier alpha value is -2.49. The highest BCUT2D eigenvalue weighted by Gasteiger charge is 2.33. The normalized spacial score (nSPS) is 16.0. The van der Waals surface area contributed by atoms with E-state index in [1.807, 2.05) is 0 Å². The average Bonchev–Trinajstić information content (AvgIpc) is 3.14. The van der Waals surface area contributed by atoms with E-state index < -0.39 is 22.9 Å². The number of hydrogen-bond donors (Lipinski definition) is 1. The van der Waals surface area contributed by atoms with Crippen molar-refractivity contribution in [2.75, 3.05) is 0 Å². The molecule has 2 aromatic carbocycles. The fraction of sp³-hybridized carbons (Fsp3) is 0.105. The minimum atomic E-state index is -4.57. The van der Waals surface area contributed by atoms with Gasteiger partial charge >= 0.3 is 6.18 Å². The summed E-state index contributed by atoms with van der Waals surface area (Å²) in [5, 5.41) is 6.45. The molecule has 1 aromatic heterocycles. The third-order valence-corrected chi connectivity index (χ3v) is 5.69. The van der Waals surface area contributed by atoms with E-state index in [2.05, 4.69) is 10.4 Å². The molecule has 1 aliphatic heterocycles. The number of rotatable bonds is 3. The lowest BCUT2D eigenvalue weighted by atomic mass is 10.1. The summed E-state index contributed by atoms with van der Waals surface area (Å²) in [6.07, 6.45) is -3.04. The van der Waals surface area contributed by atoms with Gasteiger partial charge in [0.1, 0.15) is 0 Å². The van der Waals surface area contributed by atoms with Gasteiger partial charge in [-0.15, -0.1) is 0 Å². The fourth-order valence-corrected chi connectivity index (χ4v) is 4.15. The summed E-state index contributed by atoms with van der Waals surface area (Å²) in [6, 6.07) is 8.52. The van der Waals surface area contributed by atoms with Crippen LogP contribution < -0.4 is 5.32 Å². The van der Waals surface area contributed by atoms with Gasteiger partial charge in [-0.2, -0.15) is 18.3 Å². The van der Waals surface area contributed by atoms with Crippen molar-refractivity contribution in [3.8, 4) is 0 Å². The quantitative estimate of drug-likeness (QED) is 0.495. The lowest BCUT2D eigenvalue weighted by Gasteiger charge is -2.13. The topological polar surface area (TPSA) is 64.0 Å². The molecule has 0 unspecified atom stereocenters. The largest absolute Gasteiger partial charge is 0.416 e. The Bertz CT molecular complexity index is 1240. The van der Waals surface area contributed by atoms with Crippen LogP contribution in [0.4, 0.5) is 18.0 Å². The zero-order valence-corrected chi connectivity index (χ0v) is 17.1. The molecule has 5 nitrogen and oxygen atoms in total. The van der Waals surface area contributed by atoms with Crippen LogP contribution >= 0.6 is 35.0 Å². The number of carbonyl (C=O) groups is 2. The number of nitrogens with one attached hydrogen (secondary N) is 1. The molecule has 30 heavy (non-hydrogen) atoms. The number of halogens is 5. The van der Waals surface area contributed by atoms with Crippen molar-refractivity contribution in [3.05, 3.63) is 68.2 Å². The average molecular weight is 472 g/mol. The monoisotopic (exact) mass is 471 g/mol. The van der Waals surface area contributed by atoms with Crippen LogP contribution in [0.15, 0.2) is 41.3 Å². The van der Waals surface area contributed by atoms with E-state index >= 15 is 0 Å². The number of alkyl halides is 3. The van der Waals surface area contributed by atoms with E-state index in [9.17, 15) is 22.8 Å². The molecule has 1 saturated heterocycles. The Labute approximate surface area is 181 Å². The van der Waals surface area contributed by atoms with Crippen LogP contribution in [-0.2, 0) is 17.5 Å². The number of thioether (sulfide) groups is 1. The van der Waals surface area contributed by atoms with E-state index in [-0.39, 0.29) is 27.2 Å². The summed E-state index contributed by atoms with van der Waals surface area (Å²) in [7, 11) is 0. The minimum absolute atomic E-state index is 0.00306. The standard InChI is InChI=1S/C19H10Cl2F3N3O2S/c20-11-3-2-10(13(7-11)19(22,23)24)8-27-14-4-1-9(5-12(14)16(21)26-27)6-15-17(28)25-18(29)30-15/h1-7H,8H2,(H,25,28,29)/b15-6-. The molecule has 0 aliphatic carbocycles. The molecule has 1 N–H and O–H groups in total. The smallest absolute Gasteiger partial charge is 0.282 e. The molecule has 4 rings (SSSR count). The first-order chi connectivity index (χ1) is 14.1. The molecule has 0 radical (unpaired) electrons. The summed E-state index contributed by atoms with van der Waals surface area (Å²) in [6.45, 7) is -0.164. The van der Waals surface area contributed by atoms with Crippen LogP contribution in [0, 0.1) is 0 Å². The Kier molecular flexibility index (Phi) is 5.29. The maximum absolute atomic E-state index is 13.4. The SMILES string of the molecule is O=C1NC(=O)/C(=C/c2ccc3c(c2)c(Cl)nn3Cc2ccc(Cl)cc2C(F)(F)F)S1. The van der Waals surface area contributed by atoms with Crippen molar-refractivity contribution in [1.82, 2.24) is 15.1 Å². The first-order valence-corrected chi connectivity index (χ1v) is 9.95. The maximum atomic E-state index is 13.4. The summed E-state index contributed by atoms with van der Waals surface area (Å²) >= 11 is 12.7. The van der Waals surface area contributed by atoms with Gasteiger partial charge in [-0.05, 0) is 53.2 Å². The van der Waals surface area contributed by atoms with Gasteiger partial charge in [0.2, 0.25) is 0 Å². The maximum Gasteiger partial charge on any atom is 0.416 e. The number of imide groups is 1. The highest BCUT2D eigenvalue weighted by atomic mass is 35.5. The van der Waals surface area contributed by atoms with Crippen molar-refractivity contribution in [1.29, 1.82) is 0 Å². The summed E-state index contributed by atoms with van der Waals surface area (Å²) in [4.78, 5) is 23.2. The molecule has 154 valence electrons. The number of carbonyl (C=O) groups excluding carboxylic acids is 2. The van der Waals surface area contributed by atoms with Crippen molar-refractivity contribution in [3.63, 3.8) is 0 Å². The zero-order chi connectivity index (χ0) is 21.6. The summed E-state index contributed by atoms with van der Waals surface area (Å²) < 4.78 is 41.5. The zero-order valence-electron chi connectivity index (χ0n) is 14.8. The fourth-order valence-electron chi connectivity index (χ4n) is 3.05. The van der Waals surface area contributed by atoms with Gasteiger partial charge in [-0.3, -0.25) is 19.6 Å². The van der Waals surface area contributed by atoms with Crippen LogP contribution in [0.25, 0.3) is 17.0 Å². The molecular weight excluding hydrogens is 462 g/mol. The third-order valence-electron chi connectivity index (χ3n) is 4.37. The Morgan fingerprint density at radius 1 is 1.13 bits per heavy atom. The minimum Gasteiger partial charge on any atom is -0.282 e. The lowest BCUT2D eigenvalue weighted by molar-refractivity contribution is -0.138. The molecule has 1 fully saturated rings. The predicted molar refractivity (Wildman–Crippen MR) is 109 cm³/mol. The second-order valence-electron chi connectivity index (χ2n) is 6.38. The first-order valence-electron chi connectivity index (χ1n) is 8.38. The molecule has 3 aromatic rings. The second kappa shape index (κ2) is 7.64. The number of aromatic nitrogens is 2. The van der Waals surface area contributed by atoms with Crippen molar-refractivity contribution >= 4 is 63.1 Å². The van der Waals surface area contributed by atoms with E-state index in [1.54, 1.807) is 18.2 Å². The van der Waals surface area contributed by atoms with Gasteiger partial charge in [0.05, 0.1) is 22.5 Å². The number of amides is 2. The van der Waals surface area contributed by atoms with Crippen LogP contribution in [0.2, 0.25) is 10.2 Å². The molecular formula is C19H10Cl2F3N3O2S. The van der Waals surface area contributed by atoms with Crippen molar-refractivity contribution in [2.45, 2.75) is 12.7 Å². The van der Waals surface area contributed by atoms with E-state index in [0.29, 0.717) is 16.5 Å². The highest BCUT2D eigenvalue weighted by molar-refractivity contribution is 8.18. The highest BCUT2D eigenvalue weighted by Crippen LogP contribution is 2.35. The van der Waals surface area contributed by atoms with Crippen LogP contribution in [0.3, 0.4) is 0 Å². The third kappa shape index (κ3) is 4.05. The molecule has 0 saturated carbocycles. The van der Waals surface area contributed by atoms with Crippen LogP contribution in [0.1, 0.15) is 16.7 Å². The van der Waals surface area contributed by atoms with Gasteiger partial charge in [0, 0.05) is 10.4 Å². The Morgan fingerprint density at radius 2 is 1.90 bits per heavy atom. The van der Waals surface area contributed by atoms with Crippen molar-refractivity contribution < 1.29 is 22.8 Å². The van der Waals surface area contributed by atoms with Gasteiger partial charge in [0.15, 0.2) is 5.15 Å². The Morgan fingerprint density at radius 3 is 2.57 bits per heavy atom. The Balaban J connectivity index is 1.72. The van der Waals surface area contributed by atoms with Crippen LogP contribution in [0.5, 0.6) is 0 Å². The molecule has 11 heteroatoms. The van der Waals surface area contributed by atoms with Gasteiger partial charge in [-0.1, -0.05) is 35.3 Å².